The average molecular weight is 841 g/mol. The van der Waals surface area contributed by atoms with Crippen molar-refractivity contribution in [2.45, 2.75) is 90.9 Å². The van der Waals surface area contributed by atoms with Crippen molar-refractivity contribution in [1.29, 1.82) is 0 Å². The lowest BCUT2D eigenvalue weighted by molar-refractivity contribution is 0.574. The maximum Gasteiger partial charge on any atom is 0.328 e. The number of hydrogen-bond acceptors (Lipinski definition) is 1. The molecule has 2 nitrogen and oxygen atoms in total. The second-order valence-electron chi connectivity index (χ2n) is 22.2. The monoisotopic (exact) mass is 840 g/mol. The molecular weight excluding hydrogens is 784 g/mol. The Morgan fingerprint density at radius 2 is 1.08 bits per heavy atom. The summed E-state index contributed by atoms with van der Waals surface area (Å²) in [5.74, 6) is 0. The minimum absolute atomic E-state index is 0.0206. The Morgan fingerprint density at radius 3 is 1.86 bits per heavy atom. The van der Waals surface area contributed by atoms with Crippen LogP contribution in [0.25, 0.3) is 60.9 Å². The van der Waals surface area contributed by atoms with Gasteiger partial charge >= 0.3 is 6.85 Å². The van der Waals surface area contributed by atoms with E-state index < -0.39 is 0 Å². The van der Waals surface area contributed by atoms with Gasteiger partial charge in [-0.25, -0.2) is 0 Å². The molecule has 9 aromatic rings. The topological polar surface area (TPSA) is 8.17 Å². The maximum atomic E-state index is 2.74. The fourth-order valence-electron chi connectivity index (χ4n) is 11.8. The second-order valence-corrected chi connectivity index (χ2v) is 22.2. The SMILES string of the molecule is CC(C)(C)c1ccc2c(c1)C(C)(C)c1cc(C(C)(C)C)cc3c1N2B(c1ccc2c(c1)-c1ccccc1C2(C)C)c1ccc(-c2ccc4c5ccccc5n(-c5ccccc5)c4c2)cc1-3. The Morgan fingerprint density at radius 1 is 0.431 bits per heavy atom. The van der Waals surface area contributed by atoms with Gasteiger partial charge < -0.3 is 9.38 Å². The van der Waals surface area contributed by atoms with Crippen LogP contribution in [0.1, 0.15) is 103 Å². The summed E-state index contributed by atoms with van der Waals surface area (Å²) in [4.78, 5) is 2.74. The number of nitrogens with zero attached hydrogens (tertiary/aromatic N) is 2. The van der Waals surface area contributed by atoms with Crippen LogP contribution in [-0.4, -0.2) is 11.4 Å². The van der Waals surface area contributed by atoms with E-state index in [9.17, 15) is 0 Å². The molecule has 3 heterocycles. The third-order valence-electron chi connectivity index (χ3n) is 15.5. The minimum atomic E-state index is -0.241. The number of rotatable bonds is 3. The Labute approximate surface area is 385 Å². The zero-order valence-electron chi connectivity index (χ0n) is 39.6. The zero-order valence-corrected chi connectivity index (χ0v) is 39.6. The number of fused-ring (bicyclic) bond motifs is 10. The van der Waals surface area contributed by atoms with Gasteiger partial charge in [0.25, 0.3) is 0 Å². The lowest BCUT2D eigenvalue weighted by atomic mass is 9.44. The minimum Gasteiger partial charge on any atom is -0.376 e. The van der Waals surface area contributed by atoms with Crippen molar-refractivity contribution in [3.8, 4) is 39.1 Å². The molecule has 0 fully saturated rings. The first kappa shape index (κ1) is 40.0. The summed E-state index contributed by atoms with van der Waals surface area (Å²) in [6, 6.07) is 63.1. The highest BCUT2D eigenvalue weighted by atomic mass is 15.1. The number of hydrogen-bond donors (Lipinski definition) is 0. The lowest BCUT2D eigenvalue weighted by Gasteiger charge is -2.49. The summed E-state index contributed by atoms with van der Waals surface area (Å²) >= 11 is 0. The molecule has 0 bridgehead atoms. The third kappa shape index (κ3) is 5.73. The highest BCUT2D eigenvalue weighted by molar-refractivity contribution is 6.91. The van der Waals surface area contributed by atoms with Crippen molar-refractivity contribution in [1.82, 2.24) is 4.57 Å². The van der Waals surface area contributed by atoms with Gasteiger partial charge in [0.15, 0.2) is 0 Å². The van der Waals surface area contributed by atoms with Gasteiger partial charge in [-0.15, -0.1) is 0 Å². The van der Waals surface area contributed by atoms with Gasteiger partial charge in [-0.05, 0) is 120 Å². The number of para-hydroxylation sites is 2. The van der Waals surface area contributed by atoms with Crippen molar-refractivity contribution in [3.63, 3.8) is 0 Å². The van der Waals surface area contributed by atoms with Gasteiger partial charge in [0.05, 0.1) is 11.0 Å². The smallest absolute Gasteiger partial charge is 0.328 e. The van der Waals surface area contributed by atoms with Crippen molar-refractivity contribution in [2.75, 3.05) is 4.81 Å². The molecule has 0 amide bonds. The van der Waals surface area contributed by atoms with Crippen molar-refractivity contribution < 1.29 is 0 Å². The summed E-state index contributed by atoms with van der Waals surface area (Å²) in [6.45, 7) is 23.8. The largest absolute Gasteiger partial charge is 0.376 e. The van der Waals surface area contributed by atoms with Crippen LogP contribution in [0.3, 0.4) is 0 Å². The zero-order chi connectivity index (χ0) is 44.9. The quantitative estimate of drug-likeness (QED) is 0.161. The molecule has 1 aliphatic carbocycles. The summed E-state index contributed by atoms with van der Waals surface area (Å²) in [7, 11) is 0. The maximum absolute atomic E-state index is 2.74. The predicted molar refractivity (Wildman–Crippen MR) is 279 cm³/mol. The van der Waals surface area contributed by atoms with E-state index in [2.05, 4.69) is 242 Å². The predicted octanol–water partition coefficient (Wildman–Crippen LogP) is 14.9. The first-order chi connectivity index (χ1) is 31.0. The van der Waals surface area contributed by atoms with Crippen LogP contribution in [0.5, 0.6) is 0 Å². The summed E-state index contributed by atoms with van der Waals surface area (Å²) < 4.78 is 2.43. The normalized spacial score (nSPS) is 15.4. The van der Waals surface area contributed by atoms with Gasteiger partial charge in [0.1, 0.15) is 0 Å². The molecule has 0 spiro atoms. The van der Waals surface area contributed by atoms with E-state index in [4.69, 9.17) is 0 Å². The molecule has 1 aromatic heterocycles. The molecule has 3 aliphatic rings. The van der Waals surface area contributed by atoms with Gasteiger partial charge in [-0.3, -0.25) is 0 Å². The van der Waals surface area contributed by atoms with Crippen LogP contribution in [-0.2, 0) is 21.7 Å². The van der Waals surface area contributed by atoms with Crippen molar-refractivity contribution in [3.05, 3.63) is 197 Å². The third-order valence-corrected chi connectivity index (χ3v) is 15.5. The van der Waals surface area contributed by atoms with Crippen LogP contribution < -0.4 is 15.7 Å². The van der Waals surface area contributed by atoms with Crippen LogP contribution in [0.4, 0.5) is 11.4 Å². The highest BCUT2D eigenvalue weighted by Crippen LogP contribution is 2.56. The summed E-state index contributed by atoms with van der Waals surface area (Å²) in [6.07, 6.45) is 0. The molecule has 0 saturated heterocycles. The first-order valence-electron chi connectivity index (χ1n) is 23.6. The van der Waals surface area contributed by atoms with Crippen LogP contribution in [0, 0.1) is 0 Å². The van der Waals surface area contributed by atoms with Gasteiger partial charge in [0.2, 0.25) is 0 Å². The first-order valence-corrected chi connectivity index (χ1v) is 23.6. The molecule has 12 rings (SSSR count). The Kier molecular flexibility index (Phi) is 8.29. The average Bonchev–Trinajstić information content (AvgIpc) is 3.74. The fourth-order valence-corrected chi connectivity index (χ4v) is 11.8. The van der Waals surface area contributed by atoms with Crippen LogP contribution in [0.15, 0.2) is 164 Å². The van der Waals surface area contributed by atoms with E-state index in [1.807, 2.05) is 0 Å². The molecule has 0 atom stereocenters. The van der Waals surface area contributed by atoms with Gasteiger partial charge in [-0.1, -0.05) is 196 Å². The van der Waals surface area contributed by atoms with E-state index in [-0.39, 0.29) is 28.5 Å². The Bertz CT molecular complexity index is 3460. The van der Waals surface area contributed by atoms with E-state index in [1.165, 1.54) is 117 Å². The molecule has 0 unspecified atom stereocenters. The Hall–Kier alpha value is -6.58. The fraction of sp³-hybridized carbons (Fsp3) is 0.226. The molecule has 0 saturated carbocycles. The van der Waals surface area contributed by atoms with Crippen molar-refractivity contribution in [2.24, 2.45) is 0 Å². The molecule has 0 N–H and O–H groups in total. The molecule has 2 aliphatic heterocycles. The highest BCUT2D eigenvalue weighted by Gasteiger charge is 2.47. The van der Waals surface area contributed by atoms with E-state index in [0.717, 1.165) is 0 Å². The molecular formula is C62H57BN2. The van der Waals surface area contributed by atoms with E-state index in [1.54, 1.807) is 0 Å². The molecule has 65 heavy (non-hydrogen) atoms. The standard InChI is InChI=1S/C62H57BN2/c1-59(2,3)40-26-31-56-52(35-40)62(9,10)53-36-41(60(4,5)6)34-49-48-32-38(39-24-28-46-45-21-15-17-23-55(45)64(57(46)33-39)43-18-12-11-13-19-43)25-30-54(48)63(65(56)58(49)53)42-27-29-51-47(37-42)44-20-14-16-22-50(44)61(51,7)8/h11-37H,1-10H3. The molecule has 8 aromatic carbocycles. The lowest BCUT2D eigenvalue weighted by Crippen LogP contribution is -2.59. The van der Waals surface area contributed by atoms with Gasteiger partial charge in [0, 0.05) is 44.2 Å². The molecule has 3 heteroatoms. The van der Waals surface area contributed by atoms with Crippen LogP contribution >= 0.6 is 0 Å². The van der Waals surface area contributed by atoms with Crippen molar-refractivity contribution >= 4 is 51.0 Å². The van der Waals surface area contributed by atoms with E-state index in [0.29, 0.717) is 0 Å². The number of aromatic nitrogens is 1. The molecule has 0 radical (unpaired) electrons. The number of anilines is 2. The summed E-state index contributed by atoms with van der Waals surface area (Å²) in [5.41, 5.74) is 24.8. The van der Waals surface area contributed by atoms with Crippen LogP contribution in [0.2, 0.25) is 0 Å². The molecule has 318 valence electrons. The Balaban J connectivity index is 1.14. The number of benzene rings is 8. The van der Waals surface area contributed by atoms with Gasteiger partial charge in [-0.2, -0.15) is 0 Å². The summed E-state index contributed by atoms with van der Waals surface area (Å²) in [5, 5.41) is 2.54. The van der Waals surface area contributed by atoms with E-state index >= 15 is 0 Å². The second kappa shape index (κ2) is 13.5.